The van der Waals surface area contributed by atoms with E-state index in [1.165, 1.54) is 24.3 Å². The third-order valence-corrected chi connectivity index (χ3v) is 4.69. The first-order valence-corrected chi connectivity index (χ1v) is 10.3. The van der Waals surface area contributed by atoms with Crippen molar-refractivity contribution in [3.63, 3.8) is 0 Å². The van der Waals surface area contributed by atoms with E-state index < -0.39 is 23.5 Å². The number of unbranched alkanes of at least 4 members (excludes halogenated alkanes) is 6. The molecule has 0 saturated heterocycles. The molecule has 0 unspecified atom stereocenters. The molecular weight excluding hydrogens is 422 g/mol. The lowest BCUT2D eigenvalue weighted by atomic mass is 10.1. The maximum absolute atomic E-state index is 12.5. The van der Waals surface area contributed by atoms with Gasteiger partial charge in [0.25, 0.3) is 0 Å². The van der Waals surface area contributed by atoms with Crippen LogP contribution in [0.1, 0.15) is 56.1 Å². The molecule has 2 aromatic rings. The Morgan fingerprint density at radius 1 is 0.452 bits per heavy atom. The van der Waals surface area contributed by atoms with Crippen molar-refractivity contribution in [1.29, 1.82) is 0 Å². The van der Waals surface area contributed by atoms with Crippen LogP contribution in [-0.4, -0.2) is 13.2 Å². The van der Waals surface area contributed by atoms with Crippen molar-refractivity contribution in [3.05, 3.63) is 59.7 Å². The largest absolute Gasteiger partial charge is 0.494 e. The fourth-order valence-corrected chi connectivity index (χ4v) is 2.95. The van der Waals surface area contributed by atoms with Gasteiger partial charge in [-0.1, -0.05) is 32.1 Å². The molecule has 0 atom stereocenters. The molecular formula is C23H26F6O2. The number of benzene rings is 2. The van der Waals surface area contributed by atoms with Crippen LogP contribution in [-0.2, 0) is 12.4 Å². The van der Waals surface area contributed by atoms with E-state index >= 15 is 0 Å². The minimum atomic E-state index is -4.34. The summed E-state index contributed by atoms with van der Waals surface area (Å²) in [6.07, 6.45) is -1.94. The molecule has 0 radical (unpaired) electrons. The van der Waals surface area contributed by atoms with E-state index in [1.807, 2.05) is 0 Å². The predicted molar refractivity (Wildman–Crippen MR) is 106 cm³/mol. The van der Waals surface area contributed by atoms with E-state index in [1.54, 1.807) is 0 Å². The summed E-state index contributed by atoms with van der Waals surface area (Å²) >= 11 is 0. The summed E-state index contributed by atoms with van der Waals surface area (Å²) in [6.45, 7) is 0.929. The van der Waals surface area contributed by atoms with Gasteiger partial charge in [0.1, 0.15) is 11.5 Å². The molecule has 2 nitrogen and oxygen atoms in total. The van der Waals surface area contributed by atoms with Gasteiger partial charge in [-0.25, -0.2) is 0 Å². The lowest BCUT2D eigenvalue weighted by Crippen LogP contribution is -2.04. The van der Waals surface area contributed by atoms with Gasteiger partial charge in [-0.2, -0.15) is 26.3 Å². The maximum atomic E-state index is 12.5. The van der Waals surface area contributed by atoms with E-state index in [0.717, 1.165) is 69.2 Å². The van der Waals surface area contributed by atoms with Crippen LogP contribution >= 0.6 is 0 Å². The average Bonchev–Trinajstić information content (AvgIpc) is 2.71. The normalized spacial score (nSPS) is 12.1. The quantitative estimate of drug-likeness (QED) is 0.243. The molecule has 0 saturated carbocycles. The Kier molecular flexibility index (Phi) is 9.52. The van der Waals surface area contributed by atoms with Crippen molar-refractivity contribution in [2.75, 3.05) is 13.2 Å². The molecule has 2 aromatic carbocycles. The summed E-state index contributed by atoms with van der Waals surface area (Å²) < 4.78 is 85.8. The summed E-state index contributed by atoms with van der Waals surface area (Å²) in [5, 5.41) is 0. The molecule has 8 heteroatoms. The van der Waals surface area contributed by atoms with E-state index in [2.05, 4.69) is 0 Å². The molecule has 0 aliphatic carbocycles. The van der Waals surface area contributed by atoms with Gasteiger partial charge in [0.2, 0.25) is 0 Å². The second-order valence-corrected chi connectivity index (χ2v) is 7.22. The van der Waals surface area contributed by atoms with Crippen molar-refractivity contribution >= 4 is 0 Å². The van der Waals surface area contributed by atoms with Gasteiger partial charge in [-0.15, -0.1) is 0 Å². The van der Waals surface area contributed by atoms with Crippen LogP contribution in [0, 0.1) is 0 Å². The molecule has 0 bridgehead atoms. The first-order valence-electron chi connectivity index (χ1n) is 10.3. The Morgan fingerprint density at radius 2 is 0.742 bits per heavy atom. The monoisotopic (exact) mass is 448 g/mol. The highest BCUT2D eigenvalue weighted by Gasteiger charge is 2.30. The fourth-order valence-electron chi connectivity index (χ4n) is 2.95. The number of alkyl halides is 6. The summed E-state index contributed by atoms with van der Waals surface area (Å²) in [5.41, 5.74) is -1.38. The predicted octanol–water partition coefficient (Wildman–Crippen LogP) is 7.91. The van der Waals surface area contributed by atoms with Crippen LogP contribution < -0.4 is 9.47 Å². The Labute approximate surface area is 178 Å². The molecule has 0 aliphatic heterocycles. The third-order valence-electron chi connectivity index (χ3n) is 4.69. The van der Waals surface area contributed by atoms with Crippen molar-refractivity contribution in [1.82, 2.24) is 0 Å². The lowest BCUT2D eigenvalue weighted by molar-refractivity contribution is -0.138. The molecule has 0 aliphatic rings. The van der Waals surface area contributed by atoms with Crippen molar-refractivity contribution in [2.24, 2.45) is 0 Å². The van der Waals surface area contributed by atoms with Crippen molar-refractivity contribution < 1.29 is 35.8 Å². The zero-order chi connectivity index (χ0) is 22.7. The Morgan fingerprint density at radius 3 is 1.03 bits per heavy atom. The minimum Gasteiger partial charge on any atom is -0.494 e. The smallest absolute Gasteiger partial charge is 0.416 e. The number of halogens is 6. The summed E-state index contributed by atoms with van der Waals surface area (Å²) in [5.74, 6) is 0.863. The molecule has 0 heterocycles. The molecule has 2 rings (SSSR count). The number of rotatable bonds is 12. The highest BCUT2D eigenvalue weighted by atomic mass is 19.4. The van der Waals surface area contributed by atoms with Crippen LogP contribution in [0.5, 0.6) is 11.5 Å². The Bertz CT molecular complexity index is 686. The van der Waals surface area contributed by atoms with Gasteiger partial charge in [-0.3, -0.25) is 0 Å². The Balaban J connectivity index is 1.44. The van der Waals surface area contributed by atoms with E-state index in [9.17, 15) is 26.3 Å². The molecule has 31 heavy (non-hydrogen) atoms. The van der Waals surface area contributed by atoms with E-state index in [0.29, 0.717) is 24.7 Å². The van der Waals surface area contributed by atoms with Gasteiger partial charge in [0.15, 0.2) is 0 Å². The maximum Gasteiger partial charge on any atom is 0.416 e. The minimum absolute atomic E-state index is 0.432. The van der Waals surface area contributed by atoms with Crippen molar-refractivity contribution in [2.45, 2.75) is 57.3 Å². The third kappa shape index (κ3) is 9.53. The van der Waals surface area contributed by atoms with Crippen LogP contribution in [0.3, 0.4) is 0 Å². The topological polar surface area (TPSA) is 18.5 Å². The van der Waals surface area contributed by atoms with Crippen LogP contribution in [0.15, 0.2) is 48.5 Å². The number of hydrogen-bond donors (Lipinski definition) is 0. The Hall–Kier alpha value is -2.38. The van der Waals surface area contributed by atoms with Gasteiger partial charge in [-0.05, 0) is 61.4 Å². The number of ether oxygens (including phenoxy) is 2. The average molecular weight is 448 g/mol. The molecule has 0 aromatic heterocycles. The van der Waals surface area contributed by atoms with E-state index in [-0.39, 0.29) is 0 Å². The highest BCUT2D eigenvalue weighted by Crippen LogP contribution is 2.31. The molecule has 0 spiro atoms. The van der Waals surface area contributed by atoms with Gasteiger partial charge in [0, 0.05) is 0 Å². The van der Waals surface area contributed by atoms with Crippen LogP contribution in [0.25, 0.3) is 0 Å². The first kappa shape index (κ1) is 24.9. The van der Waals surface area contributed by atoms with Crippen LogP contribution in [0.4, 0.5) is 26.3 Å². The lowest BCUT2D eigenvalue weighted by Gasteiger charge is -2.09. The van der Waals surface area contributed by atoms with Gasteiger partial charge < -0.3 is 9.47 Å². The van der Waals surface area contributed by atoms with E-state index in [4.69, 9.17) is 9.47 Å². The highest BCUT2D eigenvalue weighted by molar-refractivity contribution is 5.29. The molecule has 0 N–H and O–H groups in total. The second kappa shape index (κ2) is 11.9. The van der Waals surface area contributed by atoms with Gasteiger partial charge >= 0.3 is 12.4 Å². The van der Waals surface area contributed by atoms with Crippen LogP contribution in [0.2, 0.25) is 0 Å². The summed E-state index contributed by atoms with van der Waals surface area (Å²) in [7, 11) is 0. The second-order valence-electron chi connectivity index (χ2n) is 7.22. The molecule has 172 valence electrons. The van der Waals surface area contributed by atoms with Crippen molar-refractivity contribution in [3.8, 4) is 11.5 Å². The molecule has 0 amide bonds. The number of hydrogen-bond acceptors (Lipinski definition) is 2. The summed E-state index contributed by atoms with van der Waals surface area (Å²) in [4.78, 5) is 0. The SMILES string of the molecule is FC(F)(F)c1ccc(OCCCCCCCCCOc2ccc(C(F)(F)F)cc2)cc1. The summed E-state index contributed by atoms with van der Waals surface area (Å²) in [6, 6.07) is 9.36. The zero-order valence-electron chi connectivity index (χ0n) is 17.1. The standard InChI is InChI=1S/C23H26F6O2/c24-22(25,26)18-8-12-20(13-9-18)30-16-6-4-2-1-3-5-7-17-31-21-14-10-19(11-15-21)23(27,28)29/h8-15H,1-7,16-17H2. The van der Waals surface area contributed by atoms with Gasteiger partial charge in [0.05, 0.1) is 24.3 Å². The fraction of sp³-hybridized carbons (Fsp3) is 0.478. The molecule has 0 fully saturated rings. The zero-order valence-corrected chi connectivity index (χ0v) is 17.1. The first-order chi connectivity index (χ1) is 14.7.